The number of H-pyrrole nitrogens is 1. The zero-order valence-electron chi connectivity index (χ0n) is 15.7. The highest BCUT2D eigenvalue weighted by molar-refractivity contribution is 6.48. The number of aromatic nitrogens is 4. The molecular formula is C17H16N8O4. The van der Waals surface area contributed by atoms with Crippen molar-refractivity contribution in [2.45, 2.75) is 0 Å². The van der Waals surface area contributed by atoms with Crippen LogP contribution >= 0.6 is 0 Å². The number of benzene rings is 1. The fourth-order valence-electron chi connectivity index (χ4n) is 2.48. The number of methoxy groups -OCH3 is 1. The summed E-state index contributed by atoms with van der Waals surface area (Å²) in [5.41, 5.74) is 1.47. The average molecular weight is 396 g/mol. The molecule has 2 heterocycles. The van der Waals surface area contributed by atoms with Gasteiger partial charge in [0.1, 0.15) is 11.8 Å². The molecule has 0 aliphatic rings. The lowest BCUT2D eigenvalue weighted by molar-refractivity contribution is -0.110. The predicted octanol–water partition coefficient (Wildman–Crippen LogP) is -0.101. The van der Waals surface area contributed by atoms with Crippen LogP contribution in [0.3, 0.4) is 0 Å². The third-order valence-electron chi connectivity index (χ3n) is 4.04. The van der Waals surface area contributed by atoms with Gasteiger partial charge in [-0.1, -0.05) is 0 Å². The van der Waals surface area contributed by atoms with Crippen LogP contribution in [0.25, 0.3) is 11.2 Å². The normalized spacial score (nSPS) is 11.2. The van der Waals surface area contributed by atoms with Gasteiger partial charge in [-0.25, -0.2) is 10.2 Å². The Bertz CT molecular complexity index is 1270. The Morgan fingerprint density at radius 2 is 1.93 bits per heavy atom. The van der Waals surface area contributed by atoms with Crippen molar-refractivity contribution in [3.63, 3.8) is 0 Å². The van der Waals surface area contributed by atoms with Gasteiger partial charge in [0.25, 0.3) is 11.5 Å². The number of nitrogens with zero attached hydrogens (tertiary/aromatic N) is 5. The number of carbonyl (C=O) groups is 1. The van der Waals surface area contributed by atoms with Gasteiger partial charge in [0, 0.05) is 19.8 Å². The SMILES string of the molecule is COc1ccc(NC(=O)/C(C#N)=N\Nc2nc3c([nH]2)c(=O)n(C)c(=O)n3C)cc1. The van der Waals surface area contributed by atoms with Crippen LogP contribution in [-0.2, 0) is 18.9 Å². The van der Waals surface area contributed by atoms with Crippen molar-refractivity contribution in [3.05, 3.63) is 45.1 Å². The Morgan fingerprint density at radius 1 is 1.24 bits per heavy atom. The second-order valence-electron chi connectivity index (χ2n) is 5.86. The van der Waals surface area contributed by atoms with E-state index in [2.05, 4.69) is 25.8 Å². The number of ether oxygens (including phenoxy) is 1. The van der Waals surface area contributed by atoms with Crippen molar-refractivity contribution in [2.24, 2.45) is 19.2 Å². The minimum Gasteiger partial charge on any atom is -0.497 e. The van der Waals surface area contributed by atoms with Crippen molar-refractivity contribution < 1.29 is 9.53 Å². The van der Waals surface area contributed by atoms with Crippen LogP contribution < -0.4 is 26.7 Å². The lowest BCUT2D eigenvalue weighted by atomic mass is 10.3. The molecule has 0 aliphatic carbocycles. The van der Waals surface area contributed by atoms with E-state index in [1.807, 2.05) is 0 Å². The molecule has 2 aromatic heterocycles. The van der Waals surface area contributed by atoms with Crippen LogP contribution in [0.1, 0.15) is 0 Å². The summed E-state index contributed by atoms with van der Waals surface area (Å²) >= 11 is 0. The number of imidazole rings is 1. The summed E-state index contributed by atoms with van der Waals surface area (Å²) in [6, 6.07) is 8.19. The first kappa shape index (κ1) is 19.4. The number of hydrazone groups is 1. The van der Waals surface area contributed by atoms with Crippen LogP contribution in [0.15, 0.2) is 39.0 Å². The predicted molar refractivity (Wildman–Crippen MR) is 105 cm³/mol. The van der Waals surface area contributed by atoms with Gasteiger partial charge in [0.15, 0.2) is 11.2 Å². The molecule has 0 fully saturated rings. The van der Waals surface area contributed by atoms with E-state index in [0.717, 1.165) is 4.57 Å². The van der Waals surface area contributed by atoms with E-state index in [0.29, 0.717) is 11.4 Å². The van der Waals surface area contributed by atoms with E-state index < -0.39 is 22.9 Å². The molecule has 0 atom stereocenters. The second-order valence-corrected chi connectivity index (χ2v) is 5.86. The van der Waals surface area contributed by atoms with Gasteiger partial charge in [0.05, 0.1) is 7.11 Å². The Hall–Kier alpha value is -4.40. The smallest absolute Gasteiger partial charge is 0.332 e. The largest absolute Gasteiger partial charge is 0.497 e. The molecule has 12 heteroatoms. The van der Waals surface area contributed by atoms with Gasteiger partial charge >= 0.3 is 5.69 Å². The van der Waals surface area contributed by atoms with E-state index >= 15 is 0 Å². The molecule has 0 radical (unpaired) electrons. The average Bonchev–Trinajstić information content (AvgIpc) is 3.16. The van der Waals surface area contributed by atoms with E-state index in [9.17, 15) is 19.6 Å². The lowest BCUT2D eigenvalue weighted by Gasteiger charge is -2.05. The summed E-state index contributed by atoms with van der Waals surface area (Å²) < 4.78 is 7.14. The maximum Gasteiger partial charge on any atom is 0.332 e. The summed E-state index contributed by atoms with van der Waals surface area (Å²) in [7, 11) is 4.32. The summed E-state index contributed by atoms with van der Waals surface area (Å²) in [5.74, 6) is -0.142. The third-order valence-corrected chi connectivity index (χ3v) is 4.04. The highest BCUT2D eigenvalue weighted by atomic mass is 16.5. The number of nitriles is 1. The first-order chi connectivity index (χ1) is 13.8. The number of aryl methyl sites for hydroxylation is 1. The Balaban J connectivity index is 1.83. The van der Waals surface area contributed by atoms with Gasteiger partial charge in [-0.05, 0) is 24.3 Å². The van der Waals surface area contributed by atoms with Crippen LogP contribution in [0.4, 0.5) is 11.6 Å². The van der Waals surface area contributed by atoms with E-state index in [1.54, 1.807) is 30.3 Å². The van der Waals surface area contributed by atoms with Crippen LogP contribution in [0.5, 0.6) is 5.75 Å². The monoisotopic (exact) mass is 396 g/mol. The number of aromatic amines is 1. The quantitative estimate of drug-likeness (QED) is 0.401. The van der Waals surface area contributed by atoms with Crippen LogP contribution in [0, 0.1) is 11.3 Å². The number of amides is 1. The Kier molecular flexibility index (Phi) is 5.13. The van der Waals surface area contributed by atoms with E-state index in [-0.39, 0.29) is 17.1 Å². The molecule has 0 bridgehead atoms. The van der Waals surface area contributed by atoms with Crippen molar-refractivity contribution in [1.29, 1.82) is 5.26 Å². The molecule has 0 unspecified atom stereocenters. The minimum absolute atomic E-state index is 0.0108. The number of hydrogen-bond acceptors (Lipinski definition) is 8. The summed E-state index contributed by atoms with van der Waals surface area (Å²) in [5, 5.41) is 15.4. The third kappa shape index (κ3) is 3.69. The standard InChI is InChI=1S/C17H16N8O4/c1-24-13-12(15(27)25(2)17(24)28)20-16(21-13)23-22-11(8-18)14(26)19-9-4-6-10(29-3)7-5-9/h4-7H,1-3H3,(H,19,26)(H2,20,21,23)/b22-11-. The maximum absolute atomic E-state index is 12.2. The van der Waals surface area contributed by atoms with Crippen molar-refractivity contribution in [3.8, 4) is 11.8 Å². The first-order valence-electron chi connectivity index (χ1n) is 8.20. The number of rotatable bonds is 5. The molecule has 0 saturated carbocycles. The van der Waals surface area contributed by atoms with Gasteiger partial charge in [-0.3, -0.25) is 18.7 Å². The molecule has 29 heavy (non-hydrogen) atoms. The van der Waals surface area contributed by atoms with Crippen molar-refractivity contribution in [1.82, 2.24) is 19.1 Å². The zero-order valence-corrected chi connectivity index (χ0v) is 15.7. The fourth-order valence-corrected chi connectivity index (χ4v) is 2.48. The van der Waals surface area contributed by atoms with Gasteiger partial charge in [-0.2, -0.15) is 15.3 Å². The van der Waals surface area contributed by atoms with Gasteiger partial charge in [-0.15, -0.1) is 0 Å². The Morgan fingerprint density at radius 3 is 2.55 bits per heavy atom. The summed E-state index contributed by atoms with van der Waals surface area (Å²) in [4.78, 5) is 43.1. The van der Waals surface area contributed by atoms with E-state index in [4.69, 9.17) is 4.74 Å². The molecule has 3 N–H and O–H groups in total. The molecule has 148 valence electrons. The second kappa shape index (κ2) is 7.69. The molecule has 0 spiro atoms. The molecule has 1 aromatic carbocycles. The number of carbonyl (C=O) groups excluding carboxylic acids is 1. The molecular weight excluding hydrogens is 380 g/mol. The van der Waals surface area contributed by atoms with E-state index in [1.165, 1.54) is 25.8 Å². The van der Waals surface area contributed by atoms with Gasteiger partial charge < -0.3 is 15.0 Å². The summed E-state index contributed by atoms with van der Waals surface area (Å²) in [6.45, 7) is 0. The maximum atomic E-state index is 12.2. The molecule has 0 aliphatic heterocycles. The lowest BCUT2D eigenvalue weighted by Crippen LogP contribution is -2.36. The highest BCUT2D eigenvalue weighted by Crippen LogP contribution is 2.15. The molecule has 0 saturated heterocycles. The van der Waals surface area contributed by atoms with Crippen LogP contribution in [-0.4, -0.2) is 37.8 Å². The number of fused-ring (bicyclic) bond motifs is 1. The van der Waals surface area contributed by atoms with Crippen molar-refractivity contribution in [2.75, 3.05) is 17.9 Å². The van der Waals surface area contributed by atoms with Crippen molar-refractivity contribution >= 4 is 34.4 Å². The number of anilines is 2. The zero-order chi connectivity index (χ0) is 21.1. The molecule has 1 amide bonds. The van der Waals surface area contributed by atoms with Crippen LogP contribution in [0.2, 0.25) is 0 Å². The van der Waals surface area contributed by atoms with Gasteiger partial charge in [0.2, 0.25) is 11.7 Å². The highest BCUT2D eigenvalue weighted by Gasteiger charge is 2.15. The topological polar surface area (TPSA) is 159 Å². The number of nitrogens with one attached hydrogen (secondary N) is 3. The molecule has 3 aromatic rings. The minimum atomic E-state index is -0.746. The number of hydrogen-bond donors (Lipinski definition) is 3. The molecule has 12 nitrogen and oxygen atoms in total. The fraction of sp³-hybridized carbons (Fsp3) is 0.176. The summed E-state index contributed by atoms with van der Waals surface area (Å²) in [6.07, 6.45) is 0. The Labute approximate surface area is 163 Å². The first-order valence-corrected chi connectivity index (χ1v) is 8.20. The molecule has 3 rings (SSSR count).